The Morgan fingerprint density at radius 1 is 1.29 bits per heavy atom. The first-order valence-corrected chi connectivity index (χ1v) is 7.27. The van der Waals surface area contributed by atoms with Gasteiger partial charge in [0.1, 0.15) is 5.69 Å². The number of nitrogen functional groups attached to an aromatic ring is 1. The summed E-state index contributed by atoms with van der Waals surface area (Å²) in [4.78, 5) is 4.05. The standard InChI is InChI=1S/C17H17N3O/c18-17-16(14-6-7-19-10-15(14)21-17)20-13-3-1-2-12(9-13)8-11-4-5-11/h1-3,6-7,9-11,20H,4-5,8,18H2. The molecule has 1 saturated carbocycles. The molecule has 3 N–H and O–H groups in total. The van der Waals surface area contributed by atoms with Gasteiger partial charge in [0.15, 0.2) is 5.58 Å². The van der Waals surface area contributed by atoms with Gasteiger partial charge in [-0.15, -0.1) is 0 Å². The number of fused-ring (bicyclic) bond motifs is 1. The molecule has 0 saturated heterocycles. The fourth-order valence-corrected chi connectivity index (χ4v) is 2.67. The molecule has 1 fully saturated rings. The van der Waals surface area contributed by atoms with E-state index in [2.05, 4.69) is 34.6 Å². The predicted octanol–water partition coefficient (Wildman–Crippen LogP) is 4.11. The van der Waals surface area contributed by atoms with Crippen molar-refractivity contribution in [1.82, 2.24) is 4.98 Å². The van der Waals surface area contributed by atoms with Crippen LogP contribution in [-0.2, 0) is 6.42 Å². The summed E-state index contributed by atoms with van der Waals surface area (Å²) in [6.45, 7) is 0. The Labute approximate surface area is 123 Å². The van der Waals surface area contributed by atoms with Crippen molar-refractivity contribution in [3.05, 3.63) is 48.3 Å². The van der Waals surface area contributed by atoms with Crippen LogP contribution in [0, 0.1) is 5.92 Å². The minimum Gasteiger partial charge on any atom is -0.437 e. The molecule has 21 heavy (non-hydrogen) atoms. The molecule has 0 bridgehead atoms. The van der Waals surface area contributed by atoms with Crippen molar-refractivity contribution in [1.29, 1.82) is 0 Å². The third-order valence-corrected chi connectivity index (χ3v) is 3.94. The molecule has 4 nitrogen and oxygen atoms in total. The van der Waals surface area contributed by atoms with E-state index in [4.69, 9.17) is 10.2 Å². The lowest BCUT2D eigenvalue weighted by Crippen LogP contribution is -1.95. The van der Waals surface area contributed by atoms with Crippen molar-refractivity contribution >= 4 is 28.2 Å². The molecule has 2 aromatic heterocycles. The second kappa shape index (κ2) is 4.81. The van der Waals surface area contributed by atoms with Gasteiger partial charge in [-0.3, -0.25) is 4.98 Å². The van der Waals surface area contributed by atoms with Gasteiger partial charge >= 0.3 is 0 Å². The lowest BCUT2D eigenvalue weighted by molar-refractivity contribution is 0.636. The van der Waals surface area contributed by atoms with Crippen molar-refractivity contribution in [2.75, 3.05) is 11.1 Å². The van der Waals surface area contributed by atoms with Gasteiger partial charge in [-0.05, 0) is 48.9 Å². The average molecular weight is 279 g/mol. The van der Waals surface area contributed by atoms with Gasteiger partial charge in [-0.1, -0.05) is 12.1 Å². The van der Waals surface area contributed by atoms with Gasteiger partial charge in [-0.2, -0.15) is 0 Å². The molecule has 2 heterocycles. The van der Waals surface area contributed by atoms with Gasteiger partial charge in [0, 0.05) is 17.3 Å². The Morgan fingerprint density at radius 3 is 3.05 bits per heavy atom. The van der Waals surface area contributed by atoms with Gasteiger partial charge in [0.05, 0.1) is 6.20 Å². The molecule has 106 valence electrons. The Hall–Kier alpha value is -2.49. The normalized spacial score (nSPS) is 14.5. The van der Waals surface area contributed by atoms with Gasteiger partial charge in [0.2, 0.25) is 5.88 Å². The van der Waals surface area contributed by atoms with E-state index in [1.807, 2.05) is 6.07 Å². The molecule has 0 amide bonds. The quantitative estimate of drug-likeness (QED) is 0.754. The Morgan fingerprint density at radius 2 is 2.19 bits per heavy atom. The van der Waals surface area contributed by atoms with Gasteiger partial charge < -0.3 is 15.5 Å². The maximum Gasteiger partial charge on any atom is 0.215 e. The van der Waals surface area contributed by atoms with E-state index in [9.17, 15) is 0 Å². The van der Waals surface area contributed by atoms with E-state index in [0.717, 1.165) is 22.7 Å². The Kier molecular flexibility index (Phi) is 2.81. The number of nitrogens with zero attached hydrogens (tertiary/aromatic N) is 1. The highest BCUT2D eigenvalue weighted by Crippen LogP contribution is 2.36. The van der Waals surface area contributed by atoms with Crippen LogP contribution < -0.4 is 11.1 Å². The van der Waals surface area contributed by atoms with Crippen LogP contribution in [0.25, 0.3) is 11.0 Å². The molecule has 1 aliphatic carbocycles. The molecule has 1 aromatic carbocycles. The molecule has 4 heteroatoms. The predicted molar refractivity (Wildman–Crippen MR) is 84.6 cm³/mol. The fraction of sp³-hybridized carbons (Fsp3) is 0.235. The molecule has 0 atom stereocenters. The van der Waals surface area contributed by atoms with E-state index in [-0.39, 0.29) is 0 Å². The molecule has 0 aliphatic heterocycles. The first kappa shape index (κ1) is 12.3. The zero-order valence-electron chi connectivity index (χ0n) is 11.7. The van der Waals surface area contributed by atoms with Crippen LogP contribution in [0.4, 0.5) is 17.3 Å². The molecule has 4 rings (SSSR count). The van der Waals surface area contributed by atoms with Crippen LogP contribution in [0.3, 0.4) is 0 Å². The van der Waals surface area contributed by atoms with Gasteiger partial charge in [-0.25, -0.2) is 0 Å². The SMILES string of the molecule is Nc1oc2cnccc2c1Nc1cccc(CC2CC2)c1. The smallest absolute Gasteiger partial charge is 0.215 e. The van der Waals surface area contributed by atoms with Crippen LogP contribution in [0.1, 0.15) is 18.4 Å². The zero-order valence-corrected chi connectivity index (χ0v) is 11.7. The maximum absolute atomic E-state index is 5.97. The summed E-state index contributed by atoms with van der Waals surface area (Å²) in [6.07, 6.45) is 7.32. The highest BCUT2D eigenvalue weighted by Gasteiger charge is 2.21. The summed E-state index contributed by atoms with van der Waals surface area (Å²) < 4.78 is 5.53. The van der Waals surface area contributed by atoms with Gasteiger partial charge in [0.25, 0.3) is 0 Å². The van der Waals surface area contributed by atoms with Crippen molar-refractivity contribution in [3.8, 4) is 0 Å². The monoisotopic (exact) mass is 279 g/mol. The number of furan rings is 1. The zero-order chi connectivity index (χ0) is 14.2. The number of pyridine rings is 1. The minimum absolute atomic E-state index is 0.394. The third kappa shape index (κ3) is 2.44. The lowest BCUT2D eigenvalue weighted by Gasteiger charge is -2.07. The van der Waals surface area contributed by atoms with E-state index in [0.29, 0.717) is 11.5 Å². The second-order valence-corrected chi connectivity index (χ2v) is 5.69. The molecule has 0 spiro atoms. The van der Waals surface area contributed by atoms with Crippen molar-refractivity contribution in [3.63, 3.8) is 0 Å². The van der Waals surface area contributed by atoms with Crippen LogP contribution in [0.15, 0.2) is 47.1 Å². The summed E-state index contributed by atoms with van der Waals surface area (Å²) in [7, 11) is 0. The molecule has 0 radical (unpaired) electrons. The van der Waals surface area contributed by atoms with Crippen molar-refractivity contribution in [2.45, 2.75) is 19.3 Å². The van der Waals surface area contributed by atoms with E-state index >= 15 is 0 Å². The van der Waals surface area contributed by atoms with Crippen molar-refractivity contribution < 1.29 is 4.42 Å². The van der Waals surface area contributed by atoms with Crippen LogP contribution in [-0.4, -0.2) is 4.98 Å². The first-order valence-electron chi connectivity index (χ1n) is 7.27. The molecule has 3 aromatic rings. The number of nitrogens with two attached hydrogens (primary N) is 1. The van der Waals surface area contributed by atoms with Crippen molar-refractivity contribution in [2.24, 2.45) is 5.92 Å². The van der Waals surface area contributed by atoms with E-state index in [1.54, 1.807) is 12.4 Å². The van der Waals surface area contributed by atoms with E-state index in [1.165, 1.54) is 24.8 Å². The highest BCUT2D eigenvalue weighted by molar-refractivity contribution is 5.97. The van der Waals surface area contributed by atoms with E-state index < -0.39 is 0 Å². The largest absolute Gasteiger partial charge is 0.437 e. The molecular formula is C17H17N3O. The summed E-state index contributed by atoms with van der Waals surface area (Å²) in [5.41, 5.74) is 9.90. The topological polar surface area (TPSA) is 64.1 Å². The number of nitrogens with one attached hydrogen (secondary N) is 1. The van der Waals surface area contributed by atoms with Crippen LogP contribution >= 0.6 is 0 Å². The lowest BCUT2D eigenvalue weighted by atomic mass is 10.1. The molecule has 0 unspecified atom stereocenters. The molecular weight excluding hydrogens is 262 g/mol. The highest BCUT2D eigenvalue weighted by atomic mass is 16.3. The number of rotatable bonds is 4. The summed E-state index contributed by atoms with van der Waals surface area (Å²) in [5.74, 6) is 1.27. The number of anilines is 3. The summed E-state index contributed by atoms with van der Waals surface area (Å²) in [6, 6.07) is 10.4. The second-order valence-electron chi connectivity index (χ2n) is 5.69. The first-order chi connectivity index (χ1) is 10.3. The number of aromatic nitrogens is 1. The summed E-state index contributed by atoms with van der Waals surface area (Å²) >= 11 is 0. The maximum atomic E-state index is 5.97. The number of hydrogen-bond donors (Lipinski definition) is 2. The Bertz CT molecular complexity index is 790. The fourth-order valence-electron chi connectivity index (χ4n) is 2.67. The van der Waals surface area contributed by atoms with Crippen LogP contribution in [0.2, 0.25) is 0 Å². The Balaban J connectivity index is 1.66. The van der Waals surface area contributed by atoms with Crippen LogP contribution in [0.5, 0.6) is 0 Å². The number of hydrogen-bond acceptors (Lipinski definition) is 4. The minimum atomic E-state index is 0.394. The average Bonchev–Trinajstić information content (AvgIpc) is 3.24. The third-order valence-electron chi connectivity index (χ3n) is 3.94. The molecule has 1 aliphatic rings. The number of benzene rings is 1. The summed E-state index contributed by atoms with van der Waals surface area (Å²) in [5, 5.41) is 4.34.